The summed E-state index contributed by atoms with van der Waals surface area (Å²) in [5, 5.41) is 25.7. The first-order chi connectivity index (χ1) is 15.0. The SMILES string of the molecule is COc1cccc(CNc2nc(NC3CCC(N)CC3)nc3c2nnn3C(C)C)c1O. The minimum atomic E-state index is 0.102. The van der Waals surface area contributed by atoms with Crippen LogP contribution in [0.3, 0.4) is 0 Å². The molecule has 0 atom stereocenters. The van der Waals surface area contributed by atoms with Gasteiger partial charge in [-0.15, -0.1) is 5.10 Å². The predicted octanol–water partition coefficient (Wildman–Crippen LogP) is 2.81. The molecule has 1 aromatic carbocycles. The Hall–Kier alpha value is -3.14. The quantitative estimate of drug-likeness (QED) is 0.449. The molecule has 1 aliphatic rings. The summed E-state index contributed by atoms with van der Waals surface area (Å²) < 4.78 is 6.99. The van der Waals surface area contributed by atoms with Gasteiger partial charge in [-0.1, -0.05) is 17.3 Å². The van der Waals surface area contributed by atoms with Crippen molar-refractivity contribution in [2.24, 2.45) is 5.73 Å². The minimum absolute atomic E-state index is 0.102. The second kappa shape index (κ2) is 8.93. The zero-order chi connectivity index (χ0) is 22.0. The Morgan fingerprint density at radius 2 is 2.00 bits per heavy atom. The van der Waals surface area contributed by atoms with E-state index in [1.807, 2.05) is 26.0 Å². The summed E-state index contributed by atoms with van der Waals surface area (Å²) in [4.78, 5) is 9.39. The molecule has 0 bridgehead atoms. The first-order valence-corrected chi connectivity index (χ1v) is 10.7. The molecule has 1 fully saturated rings. The number of ether oxygens (including phenoxy) is 1. The second-order valence-electron chi connectivity index (χ2n) is 8.27. The average Bonchev–Trinajstić information content (AvgIpc) is 3.19. The topological polar surface area (TPSA) is 136 Å². The zero-order valence-corrected chi connectivity index (χ0v) is 18.2. The smallest absolute Gasteiger partial charge is 0.227 e. The van der Waals surface area contributed by atoms with E-state index in [4.69, 9.17) is 15.5 Å². The van der Waals surface area contributed by atoms with Crippen LogP contribution in [-0.2, 0) is 6.54 Å². The Labute approximate surface area is 181 Å². The lowest BCUT2D eigenvalue weighted by molar-refractivity contribution is 0.371. The number of fused-ring (bicyclic) bond motifs is 1. The highest BCUT2D eigenvalue weighted by Gasteiger charge is 2.22. The summed E-state index contributed by atoms with van der Waals surface area (Å²) in [7, 11) is 1.53. The van der Waals surface area contributed by atoms with Crippen LogP contribution in [0.25, 0.3) is 11.2 Å². The van der Waals surface area contributed by atoms with Crippen LogP contribution >= 0.6 is 0 Å². The van der Waals surface area contributed by atoms with Crippen molar-refractivity contribution in [1.29, 1.82) is 0 Å². The van der Waals surface area contributed by atoms with Gasteiger partial charge in [0.2, 0.25) is 5.95 Å². The Kier molecular flexibility index (Phi) is 6.08. The van der Waals surface area contributed by atoms with Crippen molar-refractivity contribution in [3.63, 3.8) is 0 Å². The number of phenols is 1. The summed E-state index contributed by atoms with van der Waals surface area (Å²) in [6.07, 6.45) is 3.96. The number of methoxy groups -OCH3 is 1. The normalized spacial score (nSPS) is 19.0. The van der Waals surface area contributed by atoms with E-state index in [1.165, 1.54) is 7.11 Å². The minimum Gasteiger partial charge on any atom is -0.504 e. The molecule has 0 aliphatic heterocycles. The first kappa shape index (κ1) is 21.1. The maximum atomic E-state index is 10.4. The molecule has 3 aromatic rings. The van der Waals surface area contributed by atoms with Crippen molar-refractivity contribution in [3.8, 4) is 11.5 Å². The van der Waals surface area contributed by atoms with Crippen LogP contribution in [0.15, 0.2) is 18.2 Å². The van der Waals surface area contributed by atoms with Gasteiger partial charge in [0.25, 0.3) is 0 Å². The molecule has 166 valence electrons. The van der Waals surface area contributed by atoms with E-state index in [0.29, 0.717) is 40.8 Å². The van der Waals surface area contributed by atoms with Crippen molar-refractivity contribution in [1.82, 2.24) is 25.0 Å². The number of phenolic OH excluding ortho intramolecular Hbond substituents is 1. The summed E-state index contributed by atoms with van der Waals surface area (Å²) in [6, 6.07) is 6.06. The Balaban J connectivity index is 1.63. The number of hydrogen-bond donors (Lipinski definition) is 4. The summed E-state index contributed by atoms with van der Waals surface area (Å²) in [6.45, 7) is 4.42. The van der Waals surface area contributed by atoms with Crippen molar-refractivity contribution in [2.45, 2.75) is 64.2 Å². The second-order valence-corrected chi connectivity index (χ2v) is 8.27. The summed E-state index contributed by atoms with van der Waals surface area (Å²) in [5.41, 5.74) is 7.98. The number of rotatable bonds is 7. The lowest BCUT2D eigenvalue weighted by atomic mass is 9.92. The van der Waals surface area contributed by atoms with Crippen LogP contribution in [0.1, 0.15) is 51.1 Å². The highest BCUT2D eigenvalue weighted by atomic mass is 16.5. The van der Waals surface area contributed by atoms with E-state index < -0.39 is 0 Å². The van der Waals surface area contributed by atoms with Gasteiger partial charge in [-0.25, -0.2) is 4.68 Å². The van der Waals surface area contributed by atoms with Crippen molar-refractivity contribution >= 4 is 22.9 Å². The largest absolute Gasteiger partial charge is 0.504 e. The van der Waals surface area contributed by atoms with Crippen LogP contribution in [0, 0.1) is 0 Å². The molecular weight excluding hydrogens is 396 g/mol. The molecule has 31 heavy (non-hydrogen) atoms. The molecule has 2 heterocycles. The number of aromatic nitrogens is 5. The fourth-order valence-corrected chi connectivity index (χ4v) is 3.87. The number of para-hydroxylation sites is 1. The van der Waals surface area contributed by atoms with Crippen LogP contribution in [0.5, 0.6) is 11.5 Å². The summed E-state index contributed by atoms with van der Waals surface area (Å²) in [5.74, 6) is 1.63. The standard InChI is InChI=1S/C21H30N8O2/c1-12(2)29-20-17(27-28-29)19(23-11-13-5-4-6-16(31-3)18(13)30)25-21(26-20)24-15-9-7-14(22)8-10-15/h4-6,12,14-15,30H,7-11,22H2,1-3H3,(H2,23,24,25,26). The molecule has 0 amide bonds. The Bertz CT molecular complexity index is 1040. The number of nitrogens with zero attached hydrogens (tertiary/aromatic N) is 5. The molecule has 5 N–H and O–H groups in total. The number of nitrogens with one attached hydrogen (secondary N) is 2. The number of aromatic hydroxyl groups is 1. The average molecular weight is 427 g/mol. The molecule has 0 saturated heterocycles. The first-order valence-electron chi connectivity index (χ1n) is 10.7. The van der Waals surface area contributed by atoms with Gasteiger partial charge in [-0.05, 0) is 45.6 Å². The van der Waals surface area contributed by atoms with Crippen LogP contribution in [-0.4, -0.2) is 49.3 Å². The third-order valence-electron chi connectivity index (χ3n) is 5.67. The van der Waals surface area contributed by atoms with E-state index in [0.717, 1.165) is 25.7 Å². The summed E-state index contributed by atoms with van der Waals surface area (Å²) >= 11 is 0. The van der Waals surface area contributed by atoms with E-state index in [9.17, 15) is 5.11 Å². The van der Waals surface area contributed by atoms with E-state index in [1.54, 1.807) is 10.7 Å². The molecule has 10 nitrogen and oxygen atoms in total. The van der Waals surface area contributed by atoms with Crippen molar-refractivity contribution in [3.05, 3.63) is 23.8 Å². The van der Waals surface area contributed by atoms with Gasteiger partial charge in [0, 0.05) is 24.2 Å². The molecule has 0 radical (unpaired) electrons. The van der Waals surface area contributed by atoms with Crippen molar-refractivity contribution < 1.29 is 9.84 Å². The molecule has 10 heteroatoms. The van der Waals surface area contributed by atoms with Gasteiger partial charge in [0.1, 0.15) is 0 Å². The molecule has 1 aliphatic carbocycles. The van der Waals surface area contributed by atoms with Gasteiger partial charge in [-0.2, -0.15) is 9.97 Å². The van der Waals surface area contributed by atoms with Crippen LogP contribution < -0.4 is 21.1 Å². The maximum absolute atomic E-state index is 10.4. The number of nitrogens with two attached hydrogens (primary N) is 1. The fraction of sp³-hybridized carbons (Fsp3) is 0.524. The molecular formula is C21H30N8O2. The highest BCUT2D eigenvalue weighted by Crippen LogP contribution is 2.31. The van der Waals surface area contributed by atoms with Gasteiger partial charge >= 0.3 is 0 Å². The lowest BCUT2D eigenvalue weighted by Crippen LogP contribution is -2.33. The van der Waals surface area contributed by atoms with Gasteiger partial charge in [-0.3, -0.25) is 0 Å². The van der Waals surface area contributed by atoms with E-state index >= 15 is 0 Å². The monoisotopic (exact) mass is 426 g/mol. The zero-order valence-electron chi connectivity index (χ0n) is 18.2. The number of anilines is 2. The number of benzene rings is 1. The van der Waals surface area contributed by atoms with Crippen LogP contribution in [0.4, 0.5) is 11.8 Å². The molecule has 0 unspecified atom stereocenters. The molecule has 1 saturated carbocycles. The maximum Gasteiger partial charge on any atom is 0.227 e. The number of hydrogen-bond acceptors (Lipinski definition) is 9. The Morgan fingerprint density at radius 3 is 2.71 bits per heavy atom. The lowest BCUT2D eigenvalue weighted by Gasteiger charge is -2.26. The van der Waals surface area contributed by atoms with E-state index in [-0.39, 0.29) is 23.9 Å². The van der Waals surface area contributed by atoms with Crippen LogP contribution in [0.2, 0.25) is 0 Å². The molecule has 4 rings (SSSR count). The molecule has 0 spiro atoms. The van der Waals surface area contributed by atoms with E-state index in [2.05, 4.69) is 25.9 Å². The van der Waals surface area contributed by atoms with Crippen molar-refractivity contribution in [2.75, 3.05) is 17.7 Å². The Morgan fingerprint density at radius 1 is 1.23 bits per heavy atom. The van der Waals surface area contributed by atoms with Gasteiger partial charge in [0.15, 0.2) is 28.5 Å². The fourth-order valence-electron chi connectivity index (χ4n) is 3.87. The van der Waals surface area contributed by atoms with Gasteiger partial charge < -0.3 is 26.2 Å². The third kappa shape index (κ3) is 4.48. The van der Waals surface area contributed by atoms with Gasteiger partial charge in [0.05, 0.1) is 13.2 Å². The highest BCUT2D eigenvalue weighted by molar-refractivity contribution is 5.83. The third-order valence-corrected chi connectivity index (χ3v) is 5.67. The predicted molar refractivity (Wildman–Crippen MR) is 119 cm³/mol. The molecule has 2 aromatic heterocycles.